The SMILES string of the molecule is C/C=C/CCNCc1ccc(C)c([N+](=O)[O-])c1. The van der Waals surface area contributed by atoms with Crippen molar-refractivity contribution in [1.82, 2.24) is 5.32 Å². The topological polar surface area (TPSA) is 55.2 Å². The molecule has 0 fully saturated rings. The molecule has 0 atom stereocenters. The van der Waals surface area contributed by atoms with Gasteiger partial charge in [-0.2, -0.15) is 0 Å². The molecule has 1 aromatic rings. The summed E-state index contributed by atoms with van der Waals surface area (Å²) in [6.45, 7) is 5.29. The summed E-state index contributed by atoms with van der Waals surface area (Å²) in [5.41, 5.74) is 1.84. The Hall–Kier alpha value is -1.68. The molecule has 0 spiro atoms. The lowest BCUT2D eigenvalue weighted by atomic mass is 10.1. The molecule has 0 saturated carbocycles. The summed E-state index contributed by atoms with van der Waals surface area (Å²) in [5, 5.41) is 14.0. The number of nitrogens with one attached hydrogen (secondary N) is 1. The second-order valence-corrected chi connectivity index (χ2v) is 3.91. The zero-order valence-electron chi connectivity index (χ0n) is 10.3. The van der Waals surface area contributed by atoms with Gasteiger partial charge in [0.2, 0.25) is 0 Å². The number of aryl methyl sites for hydroxylation is 1. The predicted molar refractivity (Wildman–Crippen MR) is 69.0 cm³/mol. The van der Waals surface area contributed by atoms with Crippen molar-refractivity contribution in [2.24, 2.45) is 0 Å². The molecular weight excluding hydrogens is 216 g/mol. The molecule has 0 saturated heterocycles. The molecule has 0 bridgehead atoms. The normalized spacial score (nSPS) is 10.9. The van der Waals surface area contributed by atoms with E-state index in [1.807, 2.05) is 19.1 Å². The Bertz CT molecular complexity index is 414. The maximum absolute atomic E-state index is 10.8. The van der Waals surface area contributed by atoms with Gasteiger partial charge in [-0.05, 0) is 32.4 Å². The van der Waals surface area contributed by atoms with Crippen LogP contribution in [0.1, 0.15) is 24.5 Å². The van der Waals surface area contributed by atoms with Gasteiger partial charge in [0.25, 0.3) is 5.69 Å². The van der Waals surface area contributed by atoms with E-state index in [4.69, 9.17) is 0 Å². The van der Waals surface area contributed by atoms with Crippen LogP contribution in [0.15, 0.2) is 30.4 Å². The van der Waals surface area contributed by atoms with E-state index in [9.17, 15) is 10.1 Å². The lowest BCUT2D eigenvalue weighted by Gasteiger charge is -2.04. The minimum Gasteiger partial charge on any atom is -0.312 e. The Morgan fingerprint density at radius 2 is 2.24 bits per heavy atom. The molecule has 0 aliphatic heterocycles. The number of hydrogen-bond donors (Lipinski definition) is 1. The highest BCUT2D eigenvalue weighted by molar-refractivity contribution is 5.42. The Labute approximate surface area is 101 Å². The van der Waals surface area contributed by atoms with Crippen LogP contribution in [0.3, 0.4) is 0 Å². The number of nitro benzene ring substituents is 1. The second-order valence-electron chi connectivity index (χ2n) is 3.91. The Morgan fingerprint density at radius 1 is 1.47 bits per heavy atom. The fraction of sp³-hybridized carbons (Fsp3) is 0.385. The van der Waals surface area contributed by atoms with E-state index < -0.39 is 0 Å². The van der Waals surface area contributed by atoms with Crippen LogP contribution < -0.4 is 5.32 Å². The first-order chi connectivity index (χ1) is 8.15. The van der Waals surface area contributed by atoms with Gasteiger partial charge in [0.05, 0.1) is 4.92 Å². The van der Waals surface area contributed by atoms with E-state index >= 15 is 0 Å². The van der Waals surface area contributed by atoms with Gasteiger partial charge < -0.3 is 5.32 Å². The molecule has 0 amide bonds. The summed E-state index contributed by atoms with van der Waals surface area (Å²) < 4.78 is 0. The van der Waals surface area contributed by atoms with Crippen molar-refractivity contribution < 1.29 is 4.92 Å². The minimum atomic E-state index is -0.335. The number of benzene rings is 1. The largest absolute Gasteiger partial charge is 0.312 e. The summed E-state index contributed by atoms with van der Waals surface area (Å²) >= 11 is 0. The van der Waals surface area contributed by atoms with Gasteiger partial charge in [-0.15, -0.1) is 0 Å². The summed E-state index contributed by atoms with van der Waals surface area (Å²) in [4.78, 5) is 10.4. The fourth-order valence-corrected chi connectivity index (χ4v) is 1.55. The third-order valence-electron chi connectivity index (χ3n) is 2.52. The van der Waals surface area contributed by atoms with Crippen molar-refractivity contribution in [3.63, 3.8) is 0 Å². The van der Waals surface area contributed by atoms with Gasteiger partial charge in [0.1, 0.15) is 0 Å². The van der Waals surface area contributed by atoms with Gasteiger partial charge in [0.15, 0.2) is 0 Å². The van der Waals surface area contributed by atoms with Crippen molar-refractivity contribution in [1.29, 1.82) is 0 Å². The van der Waals surface area contributed by atoms with Gasteiger partial charge in [0, 0.05) is 18.2 Å². The molecule has 0 radical (unpaired) electrons. The highest BCUT2D eigenvalue weighted by atomic mass is 16.6. The zero-order valence-corrected chi connectivity index (χ0v) is 10.3. The van der Waals surface area contributed by atoms with Crippen LogP contribution in [0, 0.1) is 17.0 Å². The number of rotatable bonds is 6. The molecule has 4 heteroatoms. The summed E-state index contributed by atoms with van der Waals surface area (Å²) in [6.07, 6.45) is 5.08. The monoisotopic (exact) mass is 234 g/mol. The van der Waals surface area contributed by atoms with Crippen molar-refractivity contribution in [2.75, 3.05) is 6.54 Å². The lowest BCUT2D eigenvalue weighted by Crippen LogP contribution is -2.14. The predicted octanol–water partition coefficient (Wildman–Crippen LogP) is 2.96. The molecule has 1 N–H and O–H groups in total. The van der Waals surface area contributed by atoms with Gasteiger partial charge in [-0.25, -0.2) is 0 Å². The minimum absolute atomic E-state index is 0.192. The number of hydrogen-bond acceptors (Lipinski definition) is 3. The molecule has 0 aliphatic rings. The highest BCUT2D eigenvalue weighted by Gasteiger charge is 2.10. The molecule has 92 valence electrons. The Morgan fingerprint density at radius 3 is 2.88 bits per heavy atom. The van der Waals surface area contributed by atoms with Crippen molar-refractivity contribution in [3.05, 3.63) is 51.6 Å². The van der Waals surface area contributed by atoms with Crippen LogP contribution in [-0.2, 0) is 6.54 Å². The van der Waals surface area contributed by atoms with E-state index in [0.29, 0.717) is 12.1 Å². The summed E-state index contributed by atoms with van der Waals surface area (Å²) in [7, 11) is 0. The standard InChI is InChI=1S/C13H18N2O2/c1-3-4-5-8-14-10-12-7-6-11(2)13(9-12)15(16)17/h3-4,6-7,9,14H,5,8,10H2,1-2H3/b4-3+. The lowest BCUT2D eigenvalue weighted by molar-refractivity contribution is -0.385. The second kappa shape index (κ2) is 6.81. The number of allylic oxidation sites excluding steroid dienone is 1. The van der Waals surface area contributed by atoms with E-state index in [1.165, 1.54) is 0 Å². The van der Waals surface area contributed by atoms with Crippen molar-refractivity contribution in [3.8, 4) is 0 Å². The summed E-state index contributed by atoms with van der Waals surface area (Å²) in [6, 6.07) is 5.35. The number of nitro groups is 1. The molecule has 0 aliphatic carbocycles. The maximum Gasteiger partial charge on any atom is 0.272 e. The molecular formula is C13H18N2O2. The average molecular weight is 234 g/mol. The van der Waals surface area contributed by atoms with Crippen LogP contribution in [0.5, 0.6) is 0 Å². The molecule has 0 aromatic heterocycles. The quantitative estimate of drug-likeness (QED) is 0.356. The third kappa shape index (κ3) is 4.36. The first-order valence-corrected chi connectivity index (χ1v) is 5.71. The smallest absolute Gasteiger partial charge is 0.272 e. The first-order valence-electron chi connectivity index (χ1n) is 5.71. The summed E-state index contributed by atoms with van der Waals surface area (Å²) in [5.74, 6) is 0. The maximum atomic E-state index is 10.8. The molecule has 1 rings (SSSR count). The molecule has 17 heavy (non-hydrogen) atoms. The van der Waals surface area contributed by atoms with Gasteiger partial charge >= 0.3 is 0 Å². The van der Waals surface area contributed by atoms with Crippen LogP contribution in [0.25, 0.3) is 0 Å². The van der Waals surface area contributed by atoms with Gasteiger partial charge in [-0.1, -0.05) is 24.3 Å². The van der Waals surface area contributed by atoms with Crippen molar-refractivity contribution in [2.45, 2.75) is 26.8 Å². The molecule has 0 heterocycles. The first kappa shape index (κ1) is 13.4. The van der Waals surface area contributed by atoms with Crippen LogP contribution in [0.2, 0.25) is 0 Å². The zero-order chi connectivity index (χ0) is 12.7. The molecule has 4 nitrogen and oxygen atoms in total. The van der Waals surface area contributed by atoms with Crippen LogP contribution in [-0.4, -0.2) is 11.5 Å². The van der Waals surface area contributed by atoms with E-state index in [1.54, 1.807) is 19.1 Å². The molecule has 0 unspecified atom stereocenters. The number of nitrogens with zero attached hydrogens (tertiary/aromatic N) is 1. The Balaban J connectivity index is 2.54. The Kier molecular flexibility index (Phi) is 5.36. The fourth-order valence-electron chi connectivity index (χ4n) is 1.55. The highest BCUT2D eigenvalue weighted by Crippen LogP contribution is 2.18. The average Bonchev–Trinajstić information content (AvgIpc) is 2.30. The van der Waals surface area contributed by atoms with Crippen LogP contribution >= 0.6 is 0 Å². The van der Waals surface area contributed by atoms with Crippen molar-refractivity contribution >= 4 is 5.69 Å². The van der Waals surface area contributed by atoms with E-state index in [-0.39, 0.29) is 10.6 Å². The molecule has 1 aromatic carbocycles. The third-order valence-corrected chi connectivity index (χ3v) is 2.52. The van der Waals surface area contributed by atoms with Crippen LogP contribution in [0.4, 0.5) is 5.69 Å². The van der Waals surface area contributed by atoms with E-state index in [0.717, 1.165) is 18.5 Å². The van der Waals surface area contributed by atoms with E-state index in [2.05, 4.69) is 11.4 Å². The van der Waals surface area contributed by atoms with Gasteiger partial charge in [-0.3, -0.25) is 10.1 Å².